The van der Waals surface area contributed by atoms with Crippen molar-refractivity contribution in [2.75, 3.05) is 4.72 Å². The molecule has 0 radical (unpaired) electrons. The van der Waals surface area contributed by atoms with E-state index in [1.165, 1.54) is 18.5 Å². The molecule has 3 heterocycles. The Morgan fingerprint density at radius 2 is 1.83 bits per heavy atom. The number of nitrogens with zero attached hydrogens (tertiary/aromatic N) is 7. The van der Waals surface area contributed by atoms with Crippen molar-refractivity contribution >= 4 is 15.7 Å². The summed E-state index contributed by atoms with van der Waals surface area (Å²) in [5.74, 6) is 0.601. The number of H-pyrrole nitrogens is 1. The molecule has 182 valence electrons. The van der Waals surface area contributed by atoms with Gasteiger partial charge in [0.25, 0.3) is 10.0 Å². The minimum Gasteiger partial charge on any atom is -0.439 e. The number of tetrazole rings is 1. The van der Waals surface area contributed by atoms with E-state index in [1.807, 2.05) is 18.4 Å². The minimum absolute atomic E-state index is 0.0581. The van der Waals surface area contributed by atoms with Gasteiger partial charge in [0.05, 0.1) is 16.2 Å². The van der Waals surface area contributed by atoms with Crippen LogP contribution in [0.1, 0.15) is 11.4 Å². The van der Waals surface area contributed by atoms with Crippen molar-refractivity contribution < 1.29 is 17.5 Å². The van der Waals surface area contributed by atoms with Crippen molar-refractivity contribution in [1.82, 2.24) is 40.1 Å². The van der Waals surface area contributed by atoms with E-state index in [9.17, 15) is 12.8 Å². The topological polar surface area (TPSA) is 153 Å². The first-order valence-electron chi connectivity index (χ1n) is 10.5. The molecule has 0 bridgehead atoms. The highest BCUT2D eigenvalue weighted by Gasteiger charge is 2.19. The third-order valence-corrected chi connectivity index (χ3v) is 6.67. The van der Waals surface area contributed by atoms with Crippen molar-refractivity contribution in [3.63, 3.8) is 0 Å². The molecular weight excluding hydrogens is 489 g/mol. The first kappa shape index (κ1) is 23.0. The number of benzene rings is 2. The lowest BCUT2D eigenvalue weighted by Gasteiger charge is -2.11. The number of halogens is 1. The van der Waals surface area contributed by atoms with Gasteiger partial charge in [-0.3, -0.25) is 9.29 Å². The molecule has 2 aromatic carbocycles. The lowest BCUT2D eigenvalue weighted by atomic mass is 10.2. The standard InChI is InChI=1S/C22H18FN9O3S/c1-13-14(2)32(12-26-13)20-10-21(25-11-24-20)35-16-5-3-15(4-6-16)29-36(33,34)17-7-8-19(23)18(9-17)22-27-30-31-28-22/h3-12,29H,1-2H3,(H,27,28,30,31). The first-order valence-corrected chi connectivity index (χ1v) is 12.0. The minimum atomic E-state index is -4.03. The number of aryl methyl sites for hydroxylation is 1. The van der Waals surface area contributed by atoms with Crippen LogP contribution in [0, 0.1) is 19.7 Å². The predicted molar refractivity (Wildman–Crippen MR) is 126 cm³/mol. The molecule has 36 heavy (non-hydrogen) atoms. The number of hydrogen-bond donors (Lipinski definition) is 2. The Bertz CT molecular complexity index is 1640. The maximum absolute atomic E-state index is 14.1. The lowest BCUT2D eigenvalue weighted by Crippen LogP contribution is -2.13. The number of imidazole rings is 1. The van der Waals surface area contributed by atoms with Gasteiger partial charge in [0, 0.05) is 17.4 Å². The number of sulfonamides is 1. The van der Waals surface area contributed by atoms with E-state index in [0.717, 1.165) is 29.6 Å². The van der Waals surface area contributed by atoms with Crippen LogP contribution in [0.2, 0.25) is 0 Å². The van der Waals surface area contributed by atoms with Gasteiger partial charge in [0.2, 0.25) is 11.7 Å². The van der Waals surface area contributed by atoms with Crippen molar-refractivity contribution in [2.24, 2.45) is 0 Å². The summed E-state index contributed by atoms with van der Waals surface area (Å²) < 4.78 is 49.9. The van der Waals surface area contributed by atoms with Crippen LogP contribution >= 0.6 is 0 Å². The number of hydrogen-bond acceptors (Lipinski definition) is 9. The van der Waals surface area contributed by atoms with Crippen molar-refractivity contribution in [2.45, 2.75) is 18.7 Å². The number of aromatic amines is 1. The van der Waals surface area contributed by atoms with Gasteiger partial charge in [-0.15, -0.1) is 10.2 Å². The molecule has 12 nitrogen and oxygen atoms in total. The molecule has 0 atom stereocenters. The Balaban J connectivity index is 1.32. The fourth-order valence-electron chi connectivity index (χ4n) is 3.29. The van der Waals surface area contributed by atoms with Gasteiger partial charge in [-0.05, 0) is 61.5 Å². The van der Waals surface area contributed by atoms with Crippen LogP contribution in [0.4, 0.5) is 10.1 Å². The zero-order valence-corrected chi connectivity index (χ0v) is 19.7. The summed E-state index contributed by atoms with van der Waals surface area (Å²) in [7, 11) is -4.03. The Labute approximate surface area is 204 Å². The summed E-state index contributed by atoms with van der Waals surface area (Å²) in [5, 5.41) is 13.0. The Morgan fingerprint density at radius 1 is 1.03 bits per heavy atom. The molecule has 0 amide bonds. The molecule has 0 saturated heterocycles. The molecule has 3 aromatic heterocycles. The zero-order valence-electron chi connectivity index (χ0n) is 18.9. The Kier molecular flexibility index (Phi) is 5.85. The van der Waals surface area contributed by atoms with E-state index < -0.39 is 15.8 Å². The number of aromatic nitrogens is 8. The molecule has 2 N–H and O–H groups in total. The van der Waals surface area contributed by atoms with E-state index in [1.54, 1.807) is 24.5 Å². The molecule has 0 fully saturated rings. The highest BCUT2D eigenvalue weighted by molar-refractivity contribution is 7.92. The fraction of sp³-hybridized carbons (Fsp3) is 0.0909. The second kappa shape index (κ2) is 9.14. The highest BCUT2D eigenvalue weighted by Crippen LogP contribution is 2.26. The summed E-state index contributed by atoms with van der Waals surface area (Å²) >= 11 is 0. The summed E-state index contributed by atoms with van der Waals surface area (Å²) in [6, 6.07) is 11.2. The van der Waals surface area contributed by atoms with Crippen molar-refractivity contribution in [3.8, 4) is 28.8 Å². The lowest BCUT2D eigenvalue weighted by molar-refractivity contribution is 0.461. The fourth-order valence-corrected chi connectivity index (χ4v) is 4.38. The van der Waals surface area contributed by atoms with Gasteiger partial charge in [-0.25, -0.2) is 27.8 Å². The van der Waals surface area contributed by atoms with Crippen LogP contribution < -0.4 is 9.46 Å². The average molecular weight is 508 g/mol. The maximum atomic E-state index is 14.1. The SMILES string of the molecule is Cc1ncn(-c2cc(Oc3ccc(NS(=O)(=O)c4ccc(F)c(-c5nn[nH]n5)c4)cc3)ncn2)c1C. The van der Waals surface area contributed by atoms with Gasteiger partial charge in [0.1, 0.15) is 30.0 Å². The molecule has 0 spiro atoms. The van der Waals surface area contributed by atoms with Crippen molar-refractivity contribution in [3.05, 3.63) is 78.4 Å². The van der Waals surface area contributed by atoms with Crippen LogP contribution in [-0.4, -0.2) is 48.6 Å². The van der Waals surface area contributed by atoms with Gasteiger partial charge < -0.3 is 4.74 Å². The van der Waals surface area contributed by atoms with E-state index >= 15 is 0 Å². The normalized spacial score (nSPS) is 11.4. The van der Waals surface area contributed by atoms with Crippen LogP contribution in [0.15, 0.2) is 66.1 Å². The number of anilines is 1. The summed E-state index contributed by atoms with van der Waals surface area (Å²) in [6.45, 7) is 3.84. The van der Waals surface area contributed by atoms with Crippen LogP contribution in [0.25, 0.3) is 17.2 Å². The van der Waals surface area contributed by atoms with Gasteiger partial charge >= 0.3 is 0 Å². The smallest absolute Gasteiger partial charge is 0.261 e. The molecule has 0 aliphatic carbocycles. The monoisotopic (exact) mass is 507 g/mol. The molecule has 0 aliphatic rings. The quantitative estimate of drug-likeness (QED) is 0.338. The molecule has 14 heteroatoms. The third-order valence-electron chi connectivity index (χ3n) is 5.29. The Hall–Kier alpha value is -4.72. The van der Waals surface area contributed by atoms with Crippen LogP contribution in [0.3, 0.4) is 0 Å². The summed E-state index contributed by atoms with van der Waals surface area (Å²) in [4.78, 5) is 12.5. The zero-order chi connectivity index (χ0) is 25.3. The summed E-state index contributed by atoms with van der Waals surface area (Å²) in [5.41, 5.74) is 2.02. The van der Waals surface area contributed by atoms with E-state index in [2.05, 4.69) is 40.3 Å². The van der Waals surface area contributed by atoms with E-state index in [-0.39, 0.29) is 22.0 Å². The third kappa shape index (κ3) is 4.61. The van der Waals surface area contributed by atoms with Crippen LogP contribution in [0.5, 0.6) is 11.6 Å². The predicted octanol–water partition coefficient (Wildman–Crippen LogP) is 3.19. The molecule has 0 saturated carbocycles. The largest absolute Gasteiger partial charge is 0.439 e. The molecule has 0 unspecified atom stereocenters. The van der Waals surface area contributed by atoms with Gasteiger partial charge in [-0.1, -0.05) is 0 Å². The second-order valence-corrected chi connectivity index (χ2v) is 9.29. The number of ether oxygens (including phenoxy) is 1. The van der Waals surface area contributed by atoms with E-state index in [0.29, 0.717) is 17.4 Å². The molecule has 5 aromatic rings. The summed E-state index contributed by atoms with van der Waals surface area (Å²) in [6.07, 6.45) is 3.05. The van der Waals surface area contributed by atoms with Gasteiger partial charge in [0.15, 0.2) is 0 Å². The van der Waals surface area contributed by atoms with E-state index in [4.69, 9.17) is 4.74 Å². The van der Waals surface area contributed by atoms with Gasteiger partial charge in [-0.2, -0.15) is 5.21 Å². The highest BCUT2D eigenvalue weighted by atomic mass is 32.2. The maximum Gasteiger partial charge on any atom is 0.261 e. The Morgan fingerprint density at radius 3 is 2.53 bits per heavy atom. The molecular formula is C22H18FN9O3S. The molecule has 5 rings (SSSR count). The number of nitrogens with one attached hydrogen (secondary N) is 2. The first-order chi connectivity index (χ1) is 17.3. The van der Waals surface area contributed by atoms with Crippen molar-refractivity contribution in [1.29, 1.82) is 0 Å². The van der Waals surface area contributed by atoms with Crippen LogP contribution in [-0.2, 0) is 10.0 Å². The molecule has 0 aliphatic heterocycles. The average Bonchev–Trinajstić information content (AvgIpc) is 3.51. The second-order valence-electron chi connectivity index (χ2n) is 7.61. The number of rotatable bonds is 7.